The second-order valence-electron chi connectivity index (χ2n) is 4.80. The fourth-order valence-corrected chi connectivity index (χ4v) is 2.49. The fourth-order valence-electron chi connectivity index (χ4n) is 2.17. The first-order valence-corrected chi connectivity index (χ1v) is 7.60. The smallest absolute Gasteiger partial charge is 0.335 e. The number of carbonyl (C=O) groups is 3. The molecule has 1 N–H and O–H groups in total. The van der Waals surface area contributed by atoms with E-state index in [1.165, 1.54) is 13.2 Å². The van der Waals surface area contributed by atoms with Crippen LogP contribution in [0.25, 0.3) is 6.08 Å². The van der Waals surface area contributed by atoms with Gasteiger partial charge in [-0.05, 0) is 58.4 Å². The van der Waals surface area contributed by atoms with Gasteiger partial charge < -0.3 is 9.15 Å². The average molecular weight is 391 g/mol. The van der Waals surface area contributed by atoms with E-state index in [0.717, 1.165) is 4.90 Å². The zero-order chi connectivity index (χ0) is 17.3. The van der Waals surface area contributed by atoms with Crippen LogP contribution in [0, 0.1) is 0 Å². The highest BCUT2D eigenvalue weighted by Crippen LogP contribution is 2.25. The first kappa shape index (κ1) is 16.0. The van der Waals surface area contributed by atoms with E-state index in [4.69, 9.17) is 9.15 Å². The van der Waals surface area contributed by atoms with E-state index in [2.05, 4.69) is 21.2 Å². The topological polar surface area (TPSA) is 88.8 Å². The molecule has 0 spiro atoms. The number of amides is 4. The van der Waals surface area contributed by atoms with Gasteiger partial charge >= 0.3 is 6.03 Å². The molecular weight excluding hydrogens is 380 g/mol. The van der Waals surface area contributed by atoms with E-state index < -0.39 is 17.8 Å². The van der Waals surface area contributed by atoms with Crippen LogP contribution in [0.4, 0.5) is 10.5 Å². The number of nitrogens with zero attached hydrogens (tertiary/aromatic N) is 1. The summed E-state index contributed by atoms with van der Waals surface area (Å²) in [7, 11) is 1.51. The third-order valence-electron chi connectivity index (χ3n) is 3.31. The summed E-state index contributed by atoms with van der Waals surface area (Å²) in [5.74, 6) is -0.621. The molecule has 8 heteroatoms. The van der Waals surface area contributed by atoms with Gasteiger partial charge in [0.2, 0.25) is 0 Å². The predicted octanol–water partition coefficient (Wildman–Crippen LogP) is 2.72. The van der Waals surface area contributed by atoms with Gasteiger partial charge in [0.15, 0.2) is 4.67 Å². The summed E-state index contributed by atoms with van der Waals surface area (Å²) >= 11 is 3.14. The van der Waals surface area contributed by atoms with Gasteiger partial charge in [-0.2, -0.15) is 0 Å². The van der Waals surface area contributed by atoms with Gasteiger partial charge in [0.1, 0.15) is 17.1 Å². The van der Waals surface area contributed by atoms with Crippen LogP contribution in [-0.2, 0) is 9.59 Å². The molecule has 2 heterocycles. The van der Waals surface area contributed by atoms with Gasteiger partial charge in [0.05, 0.1) is 12.8 Å². The predicted molar refractivity (Wildman–Crippen MR) is 88.4 cm³/mol. The number of imide groups is 2. The summed E-state index contributed by atoms with van der Waals surface area (Å²) in [6.07, 6.45) is 1.28. The zero-order valence-electron chi connectivity index (χ0n) is 12.4. The molecule has 3 rings (SSSR count). The Kier molecular flexibility index (Phi) is 4.22. The number of benzene rings is 1. The number of rotatable bonds is 3. The summed E-state index contributed by atoms with van der Waals surface area (Å²) in [6.45, 7) is 0. The molecule has 1 aliphatic heterocycles. The molecule has 0 aliphatic carbocycles. The molecule has 1 fully saturated rings. The molecular formula is C16H11BrN2O5. The highest BCUT2D eigenvalue weighted by Gasteiger charge is 2.37. The van der Waals surface area contributed by atoms with Crippen molar-refractivity contribution in [2.24, 2.45) is 0 Å². The van der Waals surface area contributed by atoms with Crippen molar-refractivity contribution in [3.05, 3.63) is 52.4 Å². The van der Waals surface area contributed by atoms with Gasteiger partial charge in [0.25, 0.3) is 11.8 Å². The maximum absolute atomic E-state index is 12.6. The first-order valence-electron chi connectivity index (χ1n) is 6.80. The van der Waals surface area contributed by atoms with Gasteiger partial charge in [-0.3, -0.25) is 14.9 Å². The van der Waals surface area contributed by atoms with Gasteiger partial charge in [0, 0.05) is 0 Å². The maximum atomic E-state index is 12.6. The van der Waals surface area contributed by atoms with Crippen molar-refractivity contribution in [1.29, 1.82) is 0 Å². The minimum Gasteiger partial charge on any atom is -0.497 e. The monoisotopic (exact) mass is 390 g/mol. The van der Waals surface area contributed by atoms with E-state index in [1.54, 1.807) is 36.4 Å². The lowest BCUT2D eigenvalue weighted by Crippen LogP contribution is -2.54. The van der Waals surface area contributed by atoms with Gasteiger partial charge in [-0.15, -0.1) is 0 Å². The zero-order valence-corrected chi connectivity index (χ0v) is 14.0. The Balaban J connectivity index is 1.97. The molecule has 0 atom stereocenters. The van der Waals surface area contributed by atoms with Crippen LogP contribution in [0.1, 0.15) is 5.76 Å². The third-order valence-corrected chi connectivity index (χ3v) is 3.74. The van der Waals surface area contributed by atoms with Crippen molar-refractivity contribution in [3.63, 3.8) is 0 Å². The second-order valence-corrected chi connectivity index (χ2v) is 5.58. The molecule has 0 unspecified atom stereocenters. The molecule has 122 valence electrons. The Hall–Kier alpha value is -2.87. The molecule has 1 aromatic heterocycles. The lowest BCUT2D eigenvalue weighted by atomic mass is 10.1. The minimum atomic E-state index is -0.812. The molecule has 0 radical (unpaired) electrons. The fraction of sp³-hybridized carbons (Fsp3) is 0.0625. The number of barbiturate groups is 1. The highest BCUT2D eigenvalue weighted by atomic mass is 79.9. The van der Waals surface area contributed by atoms with Crippen LogP contribution in [0.3, 0.4) is 0 Å². The third kappa shape index (κ3) is 2.95. The van der Waals surface area contributed by atoms with Crippen LogP contribution >= 0.6 is 15.9 Å². The minimum absolute atomic E-state index is 0.202. The van der Waals surface area contributed by atoms with Crippen LogP contribution in [0.15, 0.2) is 51.1 Å². The highest BCUT2D eigenvalue weighted by molar-refractivity contribution is 9.10. The second kappa shape index (κ2) is 6.32. The van der Waals surface area contributed by atoms with E-state index in [9.17, 15) is 14.4 Å². The largest absolute Gasteiger partial charge is 0.497 e. The summed E-state index contributed by atoms with van der Waals surface area (Å²) in [6, 6.07) is 8.72. The van der Waals surface area contributed by atoms with Crippen LogP contribution in [0.2, 0.25) is 0 Å². The lowest BCUT2D eigenvalue weighted by molar-refractivity contribution is -0.122. The van der Waals surface area contributed by atoms with Crippen molar-refractivity contribution in [3.8, 4) is 5.75 Å². The number of methoxy groups -OCH3 is 1. The van der Waals surface area contributed by atoms with Crippen molar-refractivity contribution < 1.29 is 23.5 Å². The van der Waals surface area contributed by atoms with Crippen LogP contribution in [-0.4, -0.2) is 25.0 Å². The Labute approximate surface area is 145 Å². The van der Waals surface area contributed by atoms with E-state index in [0.29, 0.717) is 21.9 Å². The number of hydrogen-bond donors (Lipinski definition) is 1. The molecule has 1 aromatic carbocycles. The summed E-state index contributed by atoms with van der Waals surface area (Å²) in [5.41, 5.74) is 0.115. The molecule has 1 aliphatic rings. The molecule has 0 saturated carbocycles. The number of hydrogen-bond acceptors (Lipinski definition) is 5. The van der Waals surface area contributed by atoms with E-state index >= 15 is 0 Å². The number of nitrogens with one attached hydrogen (secondary N) is 1. The molecule has 0 bridgehead atoms. The number of halogens is 1. The number of anilines is 1. The van der Waals surface area contributed by atoms with Crippen LogP contribution < -0.4 is 15.0 Å². The Bertz CT molecular complexity index is 854. The van der Waals surface area contributed by atoms with Crippen molar-refractivity contribution in [2.45, 2.75) is 0 Å². The van der Waals surface area contributed by atoms with Gasteiger partial charge in [-0.1, -0.05) is 0 Å². The van der Waals surface area contributed by atoms with Crippen LogP contribution in [0.5, 0.6) is 5.75 Å². The average Bonchev–Trinajstić information content (AvgIpc) is 2.97. The number of urea groups is 1. The number of furan rings is 1. The van der Waals surface area contributed by atoms with E-state index in [1.807, 2.05) is 0 Å². The van der Waals surface area contributed by atoms with Crippen molar-refractivity contribution in [1.82, 2.24) is 5.32 Å². The Morgan fingerprint density at radius 2 is 1.83 bits per heavy atom. The molecule has 4 amide bonds. The maximum Gasteiger partial charge on any atom is 0.335 e. The molecule has 24 heavy (non-hydrogen) atoms. The number of carbonyl (C=O) groups excluding carboxylic acids is 3. The quantitative estimate of drug-likeness (QED) is 0.642. The summed E-state index contributed by atoms with van der Waals surface area (Å²) in [5, 5.41) is 2.14. The Morgan fingerprint density at radius 3 is 2.42 bits per heavy atom. The molecule has 2 aromatic rings. The normalized spacial score (nSPS) is 16.5. The molecule has 1 saturated heterocycles. The van der Waals surface area contributed by atoms with Crippen molar-refractivity contribution >= 4 is 45.5 Å². The molecule has 7 nitrogen and oxygen atoms in total. The SMILES string of the molecule is COc1ccc(N2C(=O)NC(=O)C(=Cc3ccc(Br)o3)C2=O)cc1. The summed E-state index contributed by atoms with van der Waals surface area (Å²) < 4.78 is 10.8. The standard InChI is InChI=1S/C16H11BrN2O5/c1-23-10-4-2-9(3-5-10)19-15(21)12(14(20)18-16(19)22)8-11-6-7-13(17)24-11/h2-8H,1H3,(H,18,20,22). The summed E-state index contributed by atoms with van der Waals surface area (Å²) in [4.78, 5) is 37.5. The van der Waals surface area contributed by atoms with E-state index in [-0.39, 0.29) is 5.57 Å². The number of ether oxygens (including phenoxy) is 1. The van der Waals surface area contributed by atoms with Gasteiger partial charge in [-0.25, -0.2) is 9.69 Å². The first-order chi connectivity index (χ1) is 11.5. The Morgan fingerprint density at radius 1 is 1.12 bits per heavy atom. The van der Waals surface area contributed by atoms with Crippen molar-refractivity contribution in [2.75, 3.05) is 12.0 Å². The lowest BCUT2D eigenvalue weighted by Gasteiger charge is -2.26.